The molecular formula is C12H15ClN4O. The van der Waals surface area contributed by atoms with Gasteiger partial charge in [0.05, 0.1) is 5.69 Å². The summed E-state index contributed by atoms with van der Waals surface area (Å²) in [5, 5.41) is 4.77. The summed E-state index contributed by atoms with van der Waals surface area (Å²) in [6.45, 7) is 3.86. The second-order valence-corrected chi connectivity index (χ2v) is 4.49. The summed E-state index contributed by atoms with van der Waals surface area (Å²) in [5.74, 6) is 0.559. The Morgan fingerprint density at radius 1 is 1.28 bits per heavy atom. The lowest BCUT2D eigenvalue weighted by molar-refractivity contribution is 0.112. The van der Waals surface area contributed by atoms with E-state index in [1.807, 2.05) is 27.0 Å². The molecule has 2 heterocycles. The van der Waals surface area contributed by atoms with Crippen LogP contribution >= 0.6 is 11.6 Å². The van der Waals surface area contributed by atoms with Crippen LogP contribution in [0, 0.1) is 6.92 Å². The van der Waals surface area contributed by atoms with Crippen LogP contribution in [0.5, 0.6) is 0 Å². The van der Waals surface area contributed by atoms with Crippen molar-refractivity contribution in [1.82, 2.24) is 19.7 Å². The van der Waals surface area contributed by atoms with Gasteiger partial charge in [0.2, 0.25) is 0 Å². The molecule has 0 aliphatic carbocycles. The quantitative estimate of drug-likeness (QED) is 0.801. The third-order valence-electron chi connectivity index (χ3n) is 2.81. The van der Waals surface area contributed by atoms with Crippen molar-refractivity contribution in [2.75, 3.05) is 7.11 Å². The Balaban J connectivity index is 2.47. The van der Waals surface area contributed by atoms with Crippen molar-refractivity contribution < 1.29 is 4.74 Å². The fourth-order valence-corrected chi connectivity index (χ4v) is 1.73. The second-order valence-electron chi connectivity index (χ2n) is 4.11. The highest BCUT2D eigenvalue weighted by Crippen LogP contribution is 2.22. The minimum absolute atomic E-state index is 0.202. The van der Waals surface area contributed by atoms with Crippen molar-refractivity contribution in [2.24, 2.45) is 7.05 Å². The lowest BCUT2D eigenvalue weighted by Gasteiger charge is -2.09. The van der Waals surface area contributed by atoms with Gasteiger partial charge in [-0.05, 0) is 19.9 Å². The first kappa shape index (κ1) is 13.0. The van der Waals surface area contributed by atoms with Crippen molar-refractivity contribution in [2.45, 2.75) is 20.0 Å². The smallest absolute Gasteiger partial charge is 0.159 e. The summed E-state index contributed by atoms with van der Waals surface area (Å²) in [4.78, 5) is 8.59. The lowest BCUT2D eigenvalue weighted by atomic mass is 10.2. The standard InChI is InChI=1S/C12H15ClN4O/c1-7-5-10(16-17(7)3)9-6-11(13)15-12(14-9)8(2)18-4/h5-6,8H,1-4H3/t8-/m1/s1. The van der Waals surface area contributed by atoms with E-state index in [9.17, 15) is 0 Å². The highest BCUT2D eigenvalue weighted by atomic mass is 35.5. The summed E-state index contributed by atoms with van der Waals surface area (Å²) in [6.07, 6.45) is -0.202. The molecule has 96 valence electrons. The van der Waals surface area contributed by atoms with Gasteiger partial charge in [-0.2, -0.15) is 5.10 Å². The second kappa shape index (κ2) is 5.04. The molecule has 6 heteroatoms. The maximum atomic E-state index is 6.01. The third kappa shape index (κ3) is 2.52. The fourth-order valence-electron chi connectivity index (χ4n) is 1.54. The van der Waals surface area contributed by atoms with E-state index < -0.39 is 0 Å². The first-order valence-corrected chi connectivity index (χ1v) is 5.97. The Labute approximate surface area is 111 Å². The van der Waals surface area contributed by atoms with Crippen LogP contribution in [0.25, 0.3) is 11.4 Å². The van der Waals surface area contributed by atoms with E-state index in [1.165, 1.54) is 0 Å². The number of hydrogen-bond donors (Lipinski definition) is 0. The van der Waals surface area contributed by atoms with Gasteiger partial charge in [-0.25, -0.2) is 9.97 Å². The van der Waals surface area contributed by atoms with E-state index in [1.54, 1.807) is 17.9 Å². The Kier molecular flexibility index (Phi) is 3.63. The topological polar surface area (TPSA) is 52.8 Å². The average molecular weight is 267 g/mol. The molecule has 0 aliphatic rings. The summed E-state index contributed by atoms with van der Waals surface area (Å²) in [6, 6.07) is 3.66. The van der Waals surface area contributed by atoms with E-state index in [0.29, 0.717) is 16.7 Å². The molecule has 2 aromatic heterocycles. The molecule has 0 amide bonds. The molecular weight excluding hydrogens is 252 g/mol. The zero-order chi connectivity index (χ0) is 13.3. The Morgan fingerprint density at radius 3 is 2.56 bits per heavy atom. The largest absolute Gasteiger partial charge is 0.374 e. The van der Waals surface area contributed by atoms with Crippen LogP contribution in [0.2, 0.25) is 5.15 Å². The number of aryl methyl sites for hydroxylation is 2. The number of ether oxygens (including phenoxy) is 1. The normalized spacial score (nSPS) is 12.7. The van der Waals surface area contributed by atoms with Gasteiger partial charge >= 0.3 is 0 Å². The molecule has 0 radical (unpaired) electrons. The first-order valence-electron chi connectivity index (χ1n) is 5.59. The van der Waals surface area contributed by atoms with Crippen LogP contribution in [-0.2, 0) is 11.8 Å². The summed E-state index contributed by atoms with van der Waals surface area (Å²) >= 11 is 6.01. The molecule has 1 atom stereocenters. The van der Waals surface area contributed by atoms with E-state index in [0.717, 1.165) is 11.4 Å². The minimum atomic E-state index is -0.202. The molecule has 18 heavy (non-hydrogen) atoms. The fraction of sp³-hybridized carbons (Fsp3) is 0.417. The molecule has 0 aliphatic heterocycles. The van der Waals surface area contributed by atoms with Gasteiger partial charge in [0, 0.05) is 25.9 Å². The minimum Gasteiger partial charge on any atom is -0.374 e. The van der Waals surface area contributed by atoms with E-state index in [-0.39, 0.29) is 6.10 Å². The molecule has 0 N–H and O–H groups in total. The van der Waals surface area contributed by atoms with Gasteiger partial charge in [-0.1, -0.05) is 11.6 Å². The average Bonchev–Trinajstić information content (AvgIpc) is 2.68. The Morgan fingerprint density at radius 2 is 2.00 bits per heavy atom. The number of hydrogen-bond acceptors (Lipinski definition) is 4. The van der Waals surface area contributed by atoms with Crippen LogP contribution < -0.4 is 0 Å². The van der Waals surface area contributed by atoms with E-state index in [2.05, 4.69) is 15.1 Å². The summed E-state index contributed by atoms with van der Waals surface area (Å²) in [7, 11) is 3.50. The number of aromatic nitrogens is 4. The molecule has 0 saturated heterocycles. The highest BCUT2D eigenvalue weighted by molar-refractivity contribution is 6.29. The molecule has 0 spiro atoms. The SMILES string of the molecule is CO[C@H](C)c1nc(Cl)cc(-c2cc(C)n(C)n2)n1. The molecule has 2 aromatic rings. The molecule has 0 aromatic carbocycles. The van der Waals surface area contributed by atoms with Gasteiger partial charge in [-0.15, -0.1) is 0 Å². The van der Waals surface area contributed by atoms with Gasteiger partial charge in [0.15, 0.2) is 5.82 Å². The number of methoxy groups -OCH3 is 1. The summed E-state index contributed by atoms with van der Waals surface area (Å²) < 4.78 is 7.00. The zero-order valence-corrected chi connectivity index (χ0v) is 11.6. The van der Waals surface area contributed by atoms with Crippen molar-refractivity contribution in [1.29, 1.82) is 0 Å². The van der Waals surface area contributed by atoms with Gasteiger partial charge in [0.1, 0.15) is 17.0 Å². The van der Waals surface area contributed by atoms with Crippen LogP contribution in [-0.4, -0.2) is 26.9 Å². The lowest BCUT2D eigenvalue weighted by Crippen LogP contribution is -2.04. The number of nitrogens with zero attached hydrogens (tertiary/aromatic N) is 4. The van der Waals surface area contributed by atoms with Gasteiger partial charge < -0.3 is 4.74 Å². The molecule has 0 bridgehead atoms. The van der Waals surface area contributed by atoms with Crippen LogP contribution in [0.3, 0.4) is 0 Å². The maximum absolute atomic E-state index is 6.01. The highest BCUT2D eigenvalue weighted by Gasteiger charge is 2.13. The van der Waals surface area contributed by atoms with Crippen LogP contribution in [0.4, 0.5) is 0 Å². The molecule has 5 nitrogen and oxygen atoms in total. The predicted octanol–water partition coefficient (Wildman–Crippen LogP) is 2.55. The molecule has 0 fully saturated rings. The molecule has 0 unspecified atom stereocenters. The number of rotatable bonds is 3. The van der Waals surface area contributed by atoms with Gasteiger partial charge in [-0.3, -0.25) is 4.68 Å². The van der Waals surface area contributed by atoms with Crippen LogP contribution in [0.1, 0.15) is 24.5 Å². The first-order chi connectivity index (χ1) is 8.51. The van der Waals surface area contributed by atoms with Gasteiger partial charge in [0.25, 0.3) is 0 Å². The van der Waals surface area contributed by atoms with Crippen molar-refractivity contribution in [3.8, 4) is 11.4 Å². The maximum Gasteiger partial charge on any atom is 0.159 e. The monoisotopic (exact) mass is 266 g/mol. The van der Waals surface area contributed by atoms with Crippen molar-refractivity contribution in [3.63, 3.8) is 0 Å². The van der Waals surface area contributed by atoms with E-state index >= 15 is 0 Å². The summed E-state index contributed by atoms with van der Waals surface area (Å²) in [5.41, 5.74) is 2.54. The number of halogens is 1. The molecule has 0 saturated carbocycles. The zero-order valence-electron chi connectivity index (χ0n) is 10.8. The predicted molar refractivity (Wildman–Crippen MR) is 69.4 cm³/mol. The molecule has 2 rings (SSSR count). The van der Waals surface area contributed by atoms with Crippen molar-refractivity contribution in [3.05, 3.63) is 28.8 Å². The van der Waals surface area contributed by atoms with E-state index in [4.69, 9.17) is 16.3 Å². The van der Waals surface area contributed by atoms with Crippen molar-refractivity contribution >= 4 is 11.6 Å². The Bertz CT molecular complexity index is 548. The Hall–Kier alpha value is -1.46. The third-order valence-corrected chi connectivity index (χ3v) is 3.00. The van der Waals surface area contributed by atoms with Crippen LogP contribution in [0.15, 0.2) is 12.1 Å².